The molecule has 1 unspecified atom stereocenters. The Morgan fingerprint density at radius 2 is 2.00 bits per heavy atom. The van der Waals surface area contributed by atoms with Crippen molar-refractivity contribution in [2.45, 2.75) is 37.6 Å². The highest BCUT2D eigenvalue weighted by molar-refractivity contribution is 9.11. The number of hydrogen-bond acceptors (Lipinski definition) is 2. The average molecular weight is 385 g/mol. The smallest absolute Gasteiger partial charge is 0.208 e. The van der Waals surface area contributed by atoms with Gasteiger partial charge in [0.05, 0.1) is 4.90 Å². The summed E-state index contributed by atoms with van der Waals surface area (Å²) in [4.78, 5) is 0.267. The number of halogens is 2. The molecule has 0 saturated heterocycles. The molecule has 6 heteroatoms. The van der Waals surface area contributed by atoms with Gasteiger partial charge in [-0.25, -0.2) is 13.1 Å². The average Bonchev–Trinajstić information content (AvgIpc) is 2.15. The summed E-state index contributed by atoms with van der Waals surface area (Å²) in [6, 6.07) is 4.96. The van der Waals surface area contributed by atoms with E-state index in [2.05, 4.69) is 36.6 Å². The summed E-state index contributed by atoms with van der Waals surface area (Å²) in [6.07, 6.45) is 1.78. The summed E-state index contributed by atoms with van der Waals surface area (Å²) >= 11 is 6.56. The predicted octanol–water partition coefficient (Wildman–Crippen LogP) is 3.68. The van der Waals surface area contributed by atoms with Crippen LogP contribution >= 0.6 is 31.9 Å². The third-order valence-electron chi connectivity index (χ3n) is 2.26. The molecule has 0 aliphatic rings. The maximum absolute atomic E-state index is 12.1. The Morgan fingerprint density at radius 1 is 1.35 bits per heavy atom. The Kier molecular flexibility index (Phi) is 5.63. The molecule has 1 rings (SSSR count). The first-order valence-corrected chi connectivity index (χ1v) is 8.41. The molecule has 0 aromatic heterocycles. The SMILES string of the molecule is CCCC(C)NS(=O)(=O)c1ccc(Br)cc1Br. The third-order valence-corrected chi connectivity index (χ3v) is 5.32. The molecule has 0 amide bonds. The van der Waals surface area contributed by atoms with E-state index in [1.54, 1.807) is 18.2 Å². The van der Waals surface area contributed by atoms with Gasteiger partial charge in [0, 0.05) is 15.0 Å². The van der Waals surface area contributed by atoms with Gasteiger partial charge in [0.1, 0.15) is 0 Å². The minimum absolute atomic E-state index is 0.0550. The van der Waals surface area contributed by atoms with Crippen molar-refractivity contribution < 1.29 is 8.42 Å². The fourth-order valence-electron chi connectivity index (χ4n) is 1.51. The molecule has 0 fully saturated rings. The summed E-state index contributed by atoms with van der Waals surface area (Å²) in [7, 11) is -3.45. The lowest BCUT2D eigenvalue weighted by molar-refractivity contribution is 0.543. The molecule has 96 valence electrons. The van der Waals surface area contributed by atoms with Gasteiger partial charge in [0.25, 0.3) is 0 Å². The van der Waals surface area contributed by atoms with Crippen LogP contribution in [0, 0.1) is 0 Å². The Labute approximate surface area is 119 Å². The van der Waals surface area contributed by atoms with Gasteiger partial charge in [0.15, 0.2) is 0 Å². The van der Waals surface area contributed by atoms with E-state index in [-0.39, 0.29) is 10.9 Å². The Balaban J connectivity index is 2.97. The molecule has 0 heterocycles. The Bertz CT molecular complexity index is 488. The minimum Gasteiger partial charge on any atom is -0.208 e. The van der Waals surface area contributed by atoms with Gasteiger partial charge in [-0.1, -0.05) is 29.3 Å². The summed E-state index contributed by atoms with van der Waals surface area (Å²) in [6.45, 7) is 3.90. The lowest BCUT2D eigenvalue weighted by atomic mass is 10.2. The molecule has 0 bridgehead atoms. The van der Waals surface area contributed by atoms with Crippen molar-refractivity contribution in [3.8, 4) is 0 Å². The van der Waals surface area contributed by atoms with Crippen molar-refractivity contribution in [1.82, 2.24) is 4.72 Å². The zero-order chi connectivity index (χ0) is 13.1. The first-order chi connectivity index (χ1) is 7.86. The van der Waals surface area contributed by atoms with Crippen LogP contribution in [-0.4, -0.2) is 14.5 Å². The van der Waals surface area contributed by atoms with Crippen LogP contribution in [0.4, 0.5) is 0 Å². The van der Waals surface area contributed by atoms with Crippen molar-refractivity contribution in [2.75, 3.05) is 0 Å². The molecule has 0 radical (unpaired) electrons. The quantitative estimate of drug-likeness (QED) is 0.841. The molecule has 1 aromatic rings. The van der Waals surface area contributed by atoms with Crippen LogP contribution in [0.1, 0.15) is 26.7 Å². The molecule has 0 aliphatic carbocycles. The van der Waals surface area contributed by atoms with Crippen molar-refractivity contribution in [3.05, 3.63) is 27.1 Å². The van der Waals surface area contributed by atoms with Crippen LogP contribution in [0.3, 0.4) is 0 Å². The Hall–Kier alpha value is 0.0900. The van der Waals surface area contributed by atoms with E-state index in [1.165, 1.54) is 0 Å². The summed E-state index contributed by atoms with van der Waals surface area (Å²) in [5.74, 6) is 0. The van der Waals surface area contributed by atoms with E-state index >= 15 is 0 Å². The van der Waals surface area contributed by atoms with E-state index in [9.17, 15) is 8.42 Å². The van der Waals surface area contributed by atoms with Gasteiger partial charge < -0.3 is 0 Å². The number of nitrogens with one attached hydrogen (secondary N) is 1. The zero-order valence-electron chi connectivity index (χ0n) is 9.70. The van der Waals surface area contributed by atoms with E-state index in [0.717, 1.165) is 17.3 Å². The molecule has 1 atom stereocenters. The molecule has 0 spiro atoms. The van der Waals surface area contributed by atoms with Gasteiger partial charge in [-0.05, 0) is 47.5 Å². The van der Waals surface area contributed by atoms with Crippen LogP contribution in [0.5, 0.6) is 0 Å². The third kappa shape index (κ3) is 4.35. The van der Waals surface area contributed by atoms with Crippen molar-refractivity contribution in [2.24, 2.45) is 0 Å². The van der Waals surface area contributed by atoms with Crippen molar-refractivity contribution >= 4 is 41.9 Å². The highest BCUT2D eigenvalue weighted by atomic mass is 79.9. The van der Waals surface area contributed by atoms with E-state index in [1.807, 2.05) is 13.8 Å². The number of hydrogen-bond donors (Lipinski definition) is 1. The lowest BCUT2D eigenvalue weighted by Gasteiger charge is -2.14. The number of benzene rings is 1. The molecule has 17 heavy (non-hydrogen) atoms. The zero-order valence-corrected chi connectivity index (χ0v) is 13.7. The molecule has 1 N–H and O–H groups in total. The summed E-state index contributed by atoms with van der Waals surface area (Å²) in [5, 5.41) is 0. The monoisotopic (exact) mass is 383 g/mol. The fraction of sp³-hybridized carbons (Fsp3) is 0.455. The second-order valence-corrected chi connectivity index (χ2v) is 7.34. The molecule has 0 aliphatic heterocycles. The second-order valence-electron chi connectivity index (χ2n) is 3.89. The maximum atomic E-state index is 12.1. The number of sulfonamides is 1. The summed E-state index contributed by atoms with van der Waals surface area (Å²) < 4.78 is 28.2. The van der Waals surface area contributed by atoms with Gasteiger partial charge in [0.2, 0.25) is 10.0 Å². The van der Waals surface area contributed by atoms with Crippen molar-refractivity contribution in [1.29, 1.82) is 0 Å². The highest BCUT2D eigenvalue weighted by Crippen LogP contribution is 2.25. The first-order valence-electron chi connectivity index (χ1n) is 5.34. The van der Waals surface area contributed by atoms with Crippen LogP contribution in [0.25, 0.3) is 0 Å². The molecule has 1 aromatic carbocycles. The summed E-state index contributed by atoms with van der Waals surface area (Å²) in [5.41, 5.74) is 0. The molecule has 3 nitrogen and oxygen atoms in total. The first kappa shape index (κ1) is 15.1. The molecule has 0 saturated carbocycles. The van der Waals surface area contributed by atoms with Gasteiger partial charge in [-0.2, -0.15) is 0 Å². The molecular formula is C11H15Br2NO2S. The normalized spacial score (nSPS) is 13.6. The Morgan fingerprint density at radius 3 is 2.53 bits per heavy atom. The van der Waals surface area contributed by atoms with Gasteiger partial charge in [-0.15, -0.1) is 0 Å². The van der Waals surface area contributed by atoms with Crippen LogP contribution in [-0.2, 0) is 10.0 Å². The van der Waals surface area contributed by atoms with Gasteiger partial charge in [-0.3, -0.25) is 0 Å². The van der Waals surface area contributed by atoms with Crippen LogP contribution in [0.2, 0.25) is 0 Å². The highest BCUT2D eigenvalue weighted by Gasteiger charge is 2.19. The van der Waals surface area contributed by atoms with E-state index in [0.29, 0.717) is 4.47 Å². The van der Waals surface area contributed by atoms with Gasteiger partial charge >= 0.3 is 0 Å². The van der Waals surface area contributed by atoms with Crippen molar-refractivity contribution in [3.63, 3.8) is 0 Å². The van der Waals surface area contributed by atoms with E-state index in [4.69, 9.17) is 0 Å². The molecular weight excluding hydrogens is 370 g/mol. The largest absolute Gasteiger partial charge is 0.241 e. The lowest BCUT2D eigenvalue weighted by Crippen LogP contribution is -2.32. The fourth-order valence-corrected chi connectivity index (χ4v) is 4.54. The maximum Gasteiger partial charge on any atom is 0.241 e. The van der Waals surface area contributed by atoms with E-state index < -0.39 is 10.0 Å². The second kappa shape index (κ2) is 6.31. The van der Waals surface area contributed by atoms with Crippen LogP contribution in [0.15, 0.2) is 32.0 Å². The standard InChI is InChI=1S/C11H15Br2NO2S/c1-3-4-8(2)14-17(15,16)11-6-5-9(12)7-10(11)13/h5-8,14H,3-4H2,1-2H3. The number of rotatable bonds is 5. The van der Waals surface area contributed by atoms with Crippen LogP contribution < -0.4 is 4.72 Å². The predicted molar refractivity (Wildman–Crippen MR) is 76.5 cm³/mol. The minimum atomic E-state index is -3.45. The topological polar surface area (TPSA) is 46.2 Å².